The van der Waals surface area contributed by atoms with Crippen molar-refractivity contribution < 1.29 is 24.1 Å². The molecule has 8 nitrogen and oxygen atoms in total. The van der Waals surface area contributed by atoms with Crippen LogP contribution >= 0.6 is 11.6 Å². The number of hydrogen-bond acceptors (Lipinski definition) is 6. The van der Waals surface area contributed by atoms with Crippen molar-refractivity contribution in [2.45, 2.75) is 44.6 Å². The minimum Gasteiger partial charge on any atom is -0.503 e. The number of methoxy groups -OCH3 is 1. The largest absolute Gasteiger partial charge is 0.503 e. The number of fused-ring (bicyclic) bond motifs is 3. The van der Waals surface area contributed by atoms with Gasteiger partial charge in [-0.05, 0) is 66.7 Å². The van der Waals surface area contributed by atoms with Gasteiger partial charge in [0.15, 0.2) is 5.75 Å². The fourth-order valence-corrected chi connectivity index (χ4v) is 6.21. The molecule has 10 heteroatoms. The normalized spacial score (nSPS) is 27.3. The highest BCUT2D eigenvalue weighted by Gasteiger charge is 2.51. The summed E-state index contributed by atoms with van der Waals surface area (Å²) >= 11 is 5.91. The third kappa shape index (κ3) is 3.84. The number of nitrogens with zero attached hydrogens (tertiary/aromatic N) is 3. The number of amides is 1. The van der Waals surface area contributed by atoms with Crippen molar-refractivity contribution >= 4 is 17.5 Å². The number of carbonyl (C=O) groups is 1. The average molecular weight is 518 g/mol. The van der Waals surface area contributed by atoms with E-state index in [0.29, 0.717) is 54.8 Å². The maximum absolute atomic E-state index is 13.8. The van der Waals surface area contributed by atoms with Gasteiger partial charge in [-0.15, -0.1) is 0 Å². The van der Waals surface area contributed by atoms with Gasteiger partial charge in [0, 0.05) is 38.9 Å². The quantitative estimate of drug-likeness (QED) is 0.586. The molecule has 0 spiro atoms. The second-order valence-electron chi connectivity index (χ2n) is 10.5. The van der Waals surface area contributed by atoms with Crippen molar-refractivity contribution in [3.05, 3.63) is 61.8 Å². The second kappa shape index (κ2) is 8.83. The van der Waals surface area contributed by atoms with E-state index in [-0.39, 0.29) is 29.0 Å². The first-order valence-corrected chi connectivity index (χ1v) is 12.8. The number of carbonyl (C=O) groups excluding carboxylic acids is 1. The summed E-state index contributed by atoms with van der Waals surface area (Å²) in [6, 6.07) is 4.34. The van der Waals surface area contributed by atoms with Crippen LogP contribution in [0.4, 0.5) is 4.39 Å². The first-order chi connectivity index (χ1) is 17.3. The number of aromatic nitrogens is 1. The molecule has 36 heavy (non-hydrogen) atoms. The lowest BCUT2D eigenvalue weighted by atomic mass is 9.95. The number of pyridine rings is 1. The summed E-state index contributed by atoms with van der Waals surface area (Å²) in [6.45, 7) is 1.86. The van der Waals surface area contributed by atoms with Crippen LogP contribution in [-0.2, 0) is 17.7 Å². The van der Waals surface area contributed by atoms with Gasteiger partial charge in [-0.25, -0.2) is 4.39 Å². The van der Waals surface area contributed by atoms with Crippen LogP contribution in [-0.4, -0.2) is 57.3 Å². The van der Waals surface area contributed by atoms with E-state index in [2.05, 4.69) is 0 Å². The van der Waals surface area contributed by atoms with E-state index in [9.17, 15) is 24.2 Å². The van der Waals surface area contributed by atoms with Crippen LogP contribution in [0, 0.1) is 23.6 Å². The Hall–Kier alpha value is -2.46. The van der Waals surface area contributed by atoms with Crippen LogP contribution < -0.4 is 5.56 Å². The maximum atomic E-state index is 13.8. The van der Waals surface area contributed by atoms with Crippen molar-refractivity contribution in [3.63, 3.8) is 0 Å². The van der Waals surface area contributed by atoms with Crippen LogP contribution in [0.3, 0.4) is 0 Å². The van der Waals surface area contributed by atoms with Gasteiger partial charge in [0.1, 0.15) is 23.9 Å². The minimum absolute atomic E-state index is 0.0153. The lowest BCUT2D eigenvalue weighted by molar-refractivity contribution is -0.0144. The highest BCUT2D eigenvalue weighted by atomic mass is 35.5. The summed E-state index contributed by atoms with van der Waals surface area (Å²) < 4.78 is 20.3. The van der Waals surface area contributed by atoms with Gasteiger partial charge in [0.25, 0.3) is 11.5 Å². The predicted octanol–water partition coefficient (Wildman–Crippen LogP) is 3.04. The Balaban J connectivity index is 1.34. The lowest BCUT2D eigenvalue weighted by Crippen LogP contribution is -2.38. The molecule has 1 aromatic carbocycles. The molecule has 1 aromatic heterocycles. The summed E-state index contributed by atoms with van der Waals surface area (Å²) in [5.41, 5.74) is 0.991. The van der Waals surface area contributed by atoms with Gasteiger partial charge in [-0.2, -0.15) is 0 Å². The van der Waals surface area contributed by atoms with E-state index in [0.717, 1.165) is 19.3 Å². The number of benzene rings is 1. The Labute approximate surface area is 212 Å². The molecule has 2 fully saturated rings. The van der Waals surface area contributed by atoms with E-state index >= 15 is 0 Å². The molecule has 2 aliphatic carbocycles. The molecule has 0 saturated heterocycles. The third-order valence-corrected chi connectivity index (χ3v) is 8.41. The smallest absolute Gasteiger partial charge is 0.295 e. The fraction of sp³-hybridized carbons (Fsp3) is 0.538. The monoisotopic (exact) mass is 517 g/mol. The zero-order valence-electron chi connectivity index (χ0n) is 20.0. The topological polar surface area (TPSA) is 95.2 Å². The highest BCUT2D eigenvalue weighted by Crippen LogP contribution is 2.50. The van der Waals surface area contributed by atoms with Gasteiger partial charge >= 0.3 is 0 Å². The van der Waals surface area contributed by atoms with Crippen LogP contribution in [0.1, 0.15) is 58.8 Å². The highest BCUT2D eigenvalue weighted by molar-refractivity contribution is 6.30. The van der Waals surface area contributed by atoms with Gasteiger partial charge in [0.2, 0.25) is 0 Å². The van der Waals surface area contributed by atoms with Crippen LogP contribution in [0.5, 0.6) is 5.75 Å². The van der Waals surface area contributed by atoms with E-state index in [1.54, 1.807) is 18.1 Å². The number of rotatable bonds is 7. The molecule has 2 aliphatic heterocycles. The predicted molar refractivity (Wildman–Crippen MR) is 129 cm³/mol. The zero-order valence-corrected chi connectivity index (χ0v) is 20.7. The molecule has 0 bridgehead atoms. The van der Waals surface area contributed by atoms with E-state index < -0.39 is 29.5 Å². The molecule has 2 saturated carbocycles. The molecular formula is C26H29ClFN3O5. The summed E-state index contributed by atoms with van der Waals surface area (Å²) in [4.78, 5) is 30.7. The molecule has 1 amide bonds. The molecule has 3 heterocycles. The zero-order chi connectivity index (χ0) is 25.3. The third-order valence-electron chi connectivity index (χ3n) is 8.12. The molecule has 6 rings (SSSR count). The van der Waals surface area contributed by atoms with Crippen LogP contribution in [0.2, 0.25) is 5.02 Å². The van der Waals surface area contributed by atoms with Gasteiger partial charge in [0.05, 0.1) is 5.02 Å². The van der Waals surface area contributed by atoms with Crippen molar-refractivity contribution in [2.24, 2.45) is 17.8 Å². The van der Waals surface area contributed by atoms with Crippen molar-refractivity contribution in [3.8, 4) is 5.75 Å². The van der Waals surface area contributed by atoms with Crippen molar-refractivity contribution in [1.82, 2.24) is 14.4 Å². The Bertz CT molecular complexity index is 1300. The molecule has 192 valence electrons. The van der Waals surface area contributed by atoms with Crippen LogP contribution in [0.15, 0.2) is 23.0 Å². The minimum atomic E-state index is -1.29. The number of ether oxygens (including phenoxy) is 1. The Kier molecular flexibility index (Phi) is 5.87. The van der Waals surface area contributed by atoms with Gasteiger partial charge in [-0.3, -0.25) is 19.1 Å². The fourth-order valence-electron chi connectivity index (χ4n) is 6.01. The molecule has 4 atom stereocenters. The Morgan fingerprint density at radius 1 is 1.22 bits per heavy atom. The summed E-state index contributed by atoms with van der Waals surface area (Å²) in [7, 11) is 1.67. The molecule has 2 unspecified atom stereocenters. The van der Waals surface area contributed by atoms with E-state index in [4.69, 9.17) is 16.3 Å². The number of hydrogen-bond donors (Lipinski definition) is 2. The first-order valence-electron chi connectivity index (χ1n) is 12.5. The summed E-state index contributed by atoms with van der Waals surface area (Å²) in [5, 5.41) is 22.2. The van der Waals surface area contributed by atoms with Crippen LogP contribution in [0.25, 0.3) is 0 Å². The number of aliphatic hydroxyl groups is 1. The summed E-state index contributed by atoms with van der Waals surface area (Å²) in [6.07, 6.45) is 1.56. The second-order valence-corrected chi connectivity index (χ2v) is 10.9. The van der Waals surface area contributed by atoms with E-state index in [1.165, 1.54) is 16.7 Å². The molecule has 2 aromatic rings. The SMILES string of the molecule is COC[C@@H]1C[C@@H]1CN1C(=O)c2c3c(c(O)c(=O)n2C1C1CC1)C(O)N(Cc1ccc(F)c(Cl)c1)CC3. The lowest BCUT2D eigenvalue weighted by Gasteiger charge is -2.35. The van der Waals surface area contributed by atoms with Gasteiger partial charge < -0.3 is 19.8 Å². The molecular weight excluding hydrogens is 489 g/mol. The number of halogens is 2. The molecule has 4 aliphatic rings. The summed E-state index contributed by atoms with van der Waals surface area (Å²) in [5.74, 6) is -0.285. The Morgan fingerprint density at radius 3 is 2.69 bits per heavy atom. The van der Waals surface area contributed by atoms with Crippen molar-refractivity contribution in [1.29, 1.82) is 0 Å². The van der Waals surface area contributed by atoms with E-state index in [1.807, 2.05) is 4.90 Å². The number of aromatic hydroxyl groups is 1. The average Bonchev–Trinajstić information content (AvgIpc) is 3.77. The first kappa shape index (κ1) is 23.9. The van der Waals surface area contributed by atoms with Crippen molar-refractivity contribution in [2.75, 3.05) is 26.8 Å². The van der Waals surface area contributed by atoms with Gasteiger partial charge in [-0.1, -0.05) is 17.7 Å². The maximum Gasteiger partial charge on any atom is 0.295 e. The number of aliphatic hydroxyl groups excluding tert-OH is 1. The molecule has 2 N–H and O–H groups in total. The standard InChI is InChI=1S/C26H29ClFN3O5/c1-36-12-16-9-15(16)11-30-23(14-3-4-14)31-21(25(30)34)17-6-7-29(24(33)20(17)22(32)26(31)35)10-13-2-5-19(28)18(27)8-13/h2,5,8,14-16,23-24,32-33H,3-4,6-7,9-12H2,1H3/t15-,16+,23?,24?/m1/s1. The Morgan fingerprint density at radius 2 is 2.00 bits per heavy atom. The molecule has 0 radical (unpaired) electrons.